The minimum Gasteiger partial charge on any atom is -0.497 e. The topological polar surface area (TPSA) is 59.6 Å². The average Bonchev–Trinajstić information content (AvgIpc) is 2.60. The molecule has 1 unspecified atom stereocenters. The summed E-state index contributed by atoms with van der Waals surface area (Å²) in [5.74, 6) is 1.75. The number of nitrogens with two attached hydrogens (primary N) is 1. The van der Waals surface area contributed by atoms with Crippen LogP contribution in [0.5, 0.6) is 5.75 Å². The van der Waals surface area contributed by atoms with Crippen LogP contribution in [0.2, 0.25) is 0 Å². The van der Waals surface area contributed by atoms with Crippen molar-refractivity contribution in [3.8, 4) is 5.75 Å². The molecule has 0 aliphatic heterocycles. The van der Waals surface area contributed by atoms with Crippen LogP contribution in [0.1, 0.15) is 29.9 Å². The zero-order valence-electron chi connectivity index (χ0n) is 13.9. The number of ether oxygens (including phenoxy) is 1. The number of benzene rings is 2. The Balaban J connectivity index is 0.00000208. The molecule has 2 aromatic rings. The molecule has 1 aliphatic carbocycles. The van der Waals surface area contributed by atoms with Crippen molar-refractivity contribution >= 4 is 35.6 Å². The zero-order valence-corrected chi connectivity index (χ0v) is 16.2. The summed E-state index contributed by atoms with van der Waals surface area (Å²) >= 11 is 0. The second-order valence-electron chi connectivity index (χ2n) is 5.87. The van der Waals surface area contributed by atoms with E-state index >= 15 is 0 Å². The van der Waals surface area contributed by atoms with E-state index in [-0.39, 0.29) is 24.0 Å². The average molecular weight is 437 g/mol. The molecule has 0 saturated heterocycles. The molecule has 0 amide bonds. The van der Waals surface area contributed by atoms with E-state index < -0.39 is 0 Å². The van der Waals surface area contributed by atoms with Crippen LogP contribution in [0, 0.1) is 0 Å². The van der Waals surface area contributed by atoms with Crippen molar-refractivity contribution in [2.24, 2.45) is 10.7 Å². The molecular weight excluding hydrogens is 413 g/mol. The number of rotatable bonds is 4. The lowest BCUT2D eigenvalue weighted by Gasteiger charge is -2.24. The lowest BCUT2D eigenvalue weighted by Crippen LogP contribution is -2.24. The molecule has 0 fully saturated rings. The van der Waals surface area contributed by atoms with E-state index in [1.54, 1.807) is 7.11 Å². The molecule has 5 heteroatoms. The maximum absolute atomic E-state index is 6.02. The van der Waals surface area contributed by atoms with Gasteiger partial charge in [-0.2, -0.15) is 0 Å². The standard InChI is InChI=1S/C19H23N3O.HI/c1-23-17-11-9-16(10-12-17)22-19(20)21-13-15-7-4-6-14-5-2-3-8-18(14)15;/h2-3,5,8-12,15H,4,6-7,13H2,1H3,(H3,20,21,22);1H. The van der Waals surface area contributed by atoms with E-state index in [9.17, 15) is 0 Å². The van der Waals surface area contributed by atoms with Gasteiger partial charge in [-0.15, -0.1) is 24.0 Å². The number of methoxy groups -OCH3 is 1. The van der Waals surface area contributed by atoms with Gasteiger partial charge in [-0.1, -0.05) is 24.3 Å². The van der Waals surface area contributed by atoms with E-state index in [2.05, 4.69) is 34.6 Å². The molecule has 1 atom stereocenters. The largest absolute Gasteiger partial charge is 0.497 e. The number of guanidine groups is 1. The maximum Gasteiger partial charge on any atom is 0.193 e. The Morgan fingerprint density at radius 2 is 1.96 bits per heavy atom. The maximum atomic E-state index is 6.02. The van der Waals surface area contributed by atoms with Crippen molar-refractivity contribution in [1.82, 2.24) is 0 Å². The van der Waals surface area contributed by atoms with Gasteiger partial charge in [0.05, 0.1) is 7.11 Å². The molecule has 24 heavy (non-hydrogen) atoms. The van der Waals surface area contributed by atoms with Crippen LogP contribution in [0.25, 0.3) is 0 Å². The van der Waals surface area contributed by atoms with Gasteiger partial charge in [-0.3, -0.25) is 4.99 Å². The van der Waals surface area contributed by atoms with Crippen LogP contribution < -0.4 is 15.8 Å². The molecule has 4 nitrogen and oxygen atoms in total. The fourth-order valence-electron chi connectivity index (χ4n) is 3.11. The van der Waals surface area contributed by atoms with Gasteiger partial charge in [0, 0.05) is 18.2 Å². The fraction of sp³-hybridized carbons (Fsp3) is 0.316. The molecule has 0 bridgehead atoms. The first-order chi connectivity index (χ1) is 11.3. The number of aryl methyl sites for hydroxylation is 1. The summed E-state index contributed by atoms with van der Waals surface area (Å²) in [6.07, 6.45) is 3.58. The molecule has 3 N–H and O–H groups in total. The Labute approximate surface area is 160 Å². The van der Waals surface area contributed by atoms with Crippen molar-refractivity contribution in [3.63, 3.8) is 0 Å². The summed E-state index contributed by atoms with van der Waals surface area (Å²) in [7, 11) is 1.65. The number of fused-ring (bicyclic) bond motifs is 1. The molecule has 0 spiro atoms. The van der Waals surface area contributed by atoms with Gasteiger partial charge >= 0.3 is 0 Å². The first-order valence-electron chi connectivity index (χ1n) is 8.05. The van der Waals surface area contributed by atoms with E-state index in [1.807, 2.05) is 24.3 Å². The number of hydrogen-bond donors (Lipinski definition) is 2. The SMILES string of the molecule is COc1ccc(NC(N)=NCC2CCCc3ccccc32)cc1.I. The third-order valence-electron chi connectivity index (χ3n) is 4.34. The molecular formula is C19H24IN3O. The van der Waals surface area contributed by atoms with Gasteiger partial charge in [-0.05, 0) is 54.7 Å². The lowest BCUT2D eigenvalue weighted by atomic mass is 9.83. The predicted molar refractivity (Wildman–Crippen MR) is 111 cm³/mol. The molecule has 0 saturated carbocycles. The van der Waals surface area contributed by atoms with Crippen LogP contribution in [-0.2, 0) is 6.42 Å². The van der Waals surface area contributed by atoms with E-state index in [0.717, 1.165) is 18.0 Å². The Hall–Kier alpha value is -1.76. The summed E-state index contributed by atoms with van der Waals surface area (Å²) in [6.45, 7) is 0.728. The Bertz CT molecular complexity index is 685. The summed E-state index contributed by atoms with van der Waals surface area (Å²) in [4.78, 5) is 4.54. The van der Waals surface area contributed by atoms with Gasteiger partial charge in [0.1, 0.15) is 5.75 Å². The molecule has 0 radical (unpaired) electrons. The lowest BCUT2D eigenvalue weighted by molar-refractivity contribution is 0.415. The summed E-state index contributed by atoms with van der Waals surface area (Å²) in [5.41, 5.74) is 9.82. The molecule has 2 aromatic carbocycles. The number of nitrogens with one attached hydrogen (secondary N) is 1. The number of halogens is 1. The minimum absolute atomic E-state index is 0. The third kappa shape index (κ3) is 4.63. The van der Waals surface area contributed by atoms with Crippen molar-refractivity contribution in [2.45, 2.75) is 25.2 Å². The van der Waals surface area contributed by atoms with Crippen molar-refractivity contribution in [2.75, 3.05) is 19.0 Å². The van der Waals surface area contributed by atoms with E-state index in [4.69, 9.17) is 10.5 Å². The normalized spacial score (nSPS) is 16.7. The fourth-order valence-corrected chi connectivity index (χ4v) is 3.11. The predicted octanol–water partition coefficient (Wildman–Crippen LogP) is 4.16. The Kier molecular flexibility index (Phi) is 6.90. The van der Waals surface area contributed by atoms with Gasteiger partial charge in [-0.25, -0.2) is 0 Å². The number of anilines is 1. The second-order valence-corrected chi connectivity index (χ2v) is 5.87. The summed E-state index contributed by atoms with van der Waals surface area (Å²) < 4.78 is 5.15. The highest BCUT2D eigenvalue weighted by molar-refractivity contribution is 14.0. The van der Waals surface area contributed by atoms with Crippen LogP contribution in [-0.4, -0.2) is 19.6 Å². The van der Waals surface area contributed by atoms with Crippen molar-refractivity contribution < 1.29 is 4.74 Å². The number of nitrogens with zero attached hydrogens (tertiary/aromatic N) is 1. The summed E-state index contributed by atoms with van der Waals surface area (Å²) in [6, 6.07) is 16.3. The third-order valence-corrected chi connectivity index (χ3v) is 4.34. The monoisotopic (exact) mass is 437 g/mol. The number of hydrogen-bond acceptors (Lipinski definition) is 2. The van der Waals surface area contributed by atoms with Gasteiger partial charge < -0.3 is 15.8 Å². The highest BCUT2D eigenvalue weighted by Gasteiger charge is 2.19. The number of aliphatic imine (C=N–C) groups is 1. The Morgan fingerprint density at radius 3 is 2.71 bits per heavy atom. The van der Waals surface area contributed by atoms with E-state index in [0.29, 0.717) is 11.9 Å². The van der Waals surface area contributed by atoms with Crippen molar-refractivity contribution in [3.05, 3.63) is 59.7 Å². The van der Waals surface area contributed by atoms with Gasteiger partial charge in [0.2, 0.25) is 0 Å². The first kappa shape index (κ1) is 18.6. The molecule has 128 valence electrons. The highest BCUT2D eigenvalue weighted by atomic mass is 127. The molecule has 0 heterocycles. The Morgan fingerprint density at radius 1 is 1.21 bits per heavy atom. The quantitative estimate of drug-likeness (QED) is 0.429. The molecule has 3 rings (SSSR count). The van der Waals surface area contributed by atoms with Crippen LogP contribution in [0.4, 0.5) is 5.69 Å². The summed E-state index contributed by atoms with van der Waals surface area (Å²) in [5, 5.41) is 3.13. The van der Waals surface area contributed by atoms with Crippen LogP contribution in [0.3, 0.4) is 0 Å². The minimum atomic E-state index is 0. The second kappa shape index (κ2) is 8.92. The smallest absolute Gasteiger partial charge is 0.193 e. The van der Waals surface area contributed by atoms with Gasteiger partial charge in [0.25, 0.3) is 0 Å². The van der Waals surface area contributed by atoms with Crippen LogP contribution >= 0.6 is 24.0 Å². The van der Waals surface area contributed by atoms with Crippen molar-refractivity contribution in [1.29, 1.82) is 0 Å². The van der Waals surface area contributed by atoms with Gasteiger partial charge in [0.15, 0.2) is 5.96 Å². The van der Waals surface area contributed by atoms with Crippen LogP contribution in [0.15, 0.2) is 53.5 Å². The first-order valence-corrected chi connectivity index (χ1v) is 8.05. The molecule has 1 aliphatic rings. The molecule has 0 aromatic heterocycles. The highest BCUT2D eigenvalue weighted by Crippen LogP contribution is 2.31. The van der Waals surface area contributed by atoms with E-state index in [1.165, 1.54) is 30.4 Å². The zero-order chi connectivity index (χ0) is 16.1.